The van der Waals surface area contributed by atoms with Crippen LogP contribution in [0, 0.1) is 0 Å². The molecule has 1 amide bonds. The van der Waals surface area contributed by atoms with Crippen molar-refractivity contribution in [2.45, 2.75) is 24.5 Å². The third-order valence-electron chi connectivity index (χ3n) is 4.86. The number of esters is 1. The molecule has 1 aliphatic rings. The molecule has 0 aliphatic carbocycles. The van der Waals surface area contributed by atoms with Gasteiger partial charge in [-0.15, -0.1) is 16.9 Å². The summed E-state index contributed by atoms with van der Waals surface area (Å²) >= 11 is 1.31. The van der Waals surface area contributed by atoms with Gasteiger partial charge in [-0.05, 0) is 37.1 Å². The van der Waals surface area contributed by atoms with Crippen molar-refractivity contribution in [2.75, 3.05) is 18.8 Å². The fourth-order valence-electron chi connectivity index (χ4n) is 3.26. The zero-order valence-corrected chi connectivity index (χ0v) is 17.0. The van der Waals surface area contributed by atoms with Crippen LogP contribution in [0.5, 0.6) is 0 Å². The molecule has 154 valence electrons. The van der Waals surface area contributed by atoms with Crippen LogP contribution in [0.2, 0.25) is 0 Å². The number of hydrogen-bond donors (Lipinski definition) is 0. The van der Waals surface area contributed by atoms with Crippen molar-refractivity contribution in [1.29, 1.82) is 0 Å². The molecule has 9 heteroatoms. The maximum absolute atomic E-state index is 12.6. The van der Waals surface area contributed by atoms with Crippen molar-refractivity contribution < 1.29 is 14.3 Å². The largest absolute Gasteiger partial charge is 0.439 e. The summed E-state index contributed by atoms with van der Waals surface area (Å²) in [5.74, 6) is -0.257. The van der Waals surface area contributed by atoms with E-state index in [9.17, 15) is 14.4 Å². The summed E-state index contributed by atoms with van der Waals surface area (Å²) in [5, 5.41) is 8.19. The number of nitrogens with zero attached hydrogens (tertiary/aromatic N) is 4. The Morgan fingerprint density at radius 3 is 2.60 bits per heavy atom. The van der Waals surface area contributed by atoms with Crippen LogP contribution < -0.4 is 5.56 Å². The number of ether oxygens (including phenoxy) is 1. The Bertz CT molecular complexity index is 1140. The monoisotopic (exact) mass is 424 g/mol. The molecule has 0 saturated carbocycles. The van der Waals surface area contributed by atoms with Gasteiger partial charge in [-0.1, -0.05) is 29.5 Å². The Morgan fingerprint density at radius 1 is 1.03 bits per heavy atom. The quantitative estimate of drug-likeness (QED) is 0.443. The highest BCUT2D eigenvalue weighted by atomic mass is 32.2. The Labute approximate surface area is 176 Å². The lowest BCUT2D eigenvalue weighted by Crippen LogP contribution is -2.29. The lowest BCUT2D eigenvalue weighted by molar-refractivity contribution is -0.127. The lowest BCUT2D eigenvalue weighted by Gasteiger charge is -2.15. The molecule has 0 spiro atoms. The molecule has 30 heavy (non-hydrogen) atoms. The Balaban J connectivity index is 1.43. The van der Waals surface area contributed by atoms with Crippen molar-refractivity contribution in [1.82, 2.24) is 19.9 Å². The van der Waals surface area contributed by atoms with E-state index < -0.39 is 5.97 Å². The Morgan fingerprint density at radius 2 is 1.77 bits per heavy atom. The molecule has 0 bridgehead atoms. The fraction of sp³-hybridized carbons (Fsp3) is 0.286. The van der Waals surface area contributed by atoms with Gasteiger partial charge in [0.05, 0.1) is 16.7 Å². The van der Waals surface area contributed by atoms with Gasteiger partial charge >= 0.3 is 5.97 Å². The standard InChI is InChI=1S/C21H20N4O4S/c26-19(24-11-5-6-12-24)13-30-18-10-4-2-8-16(18)21(28)29-14-25-20(27)15-7-1-3-9-17(15)22-23-25/h1-4,7-10H,5-6,11-14H2. The third kappa shape index (κ3) is 4.35. The fourth-order valence-corrected chi connectivity index (χ4v) is 4.21. The highest BCUT2D eigenvalue weighted by Gasteiger charge is 2.20. The average Bonchev–Trinajstić information content (AvgIpc) is 3.32. The van der Waals surface area contributed by atoms with Crippen LogP contribution >= 0.6 is 11.8 Å². The number of likely N-dealkylation sites (tertiary alicyclic amines) is 1. The lowest BCUT2D eigenvalue weighted by atomic mass is 10.2. The van der Waals surface area contributed by atoms with E-state index in [1.54, 1.807) is 48.5 Å². The van der Waals surface area contributed by atoms with Gasteiger partial charge in [-0.25, -0.2) is 4.79 Å². The molecule has 0 radical (unpaired) electrons. The molecule has 1 saturated heterocycles. The highest BCUT2D eigenvalue weighted by Crippen LogP contribution is 2.24. The van der Waals surface area contributed by atoms with Crippen molar-refractivity contribution in [3.8, 4) is 0 Å². The molecule has 1 aliphatic heterocycles. The van der Waals surface area contributed by atoms with Gasteiger partial charge in [0.15, 0.2) is 6.73 Å². The zero-order chi connectivity index (χ0) is 20.9. The first-order valence-corrected chi connectivity index (χ1v) is 10.6. The highest BCUT2D eigenvalue weighted by molar-refractivity contribution is 8.00. The summed E-state index contributed by atoms with van der Waals surface area (Å²) in [6, 6.07) is 13.8. The van der Waals surface area contributed by atoms with Crippen molar-refractivity contribution in [3.63, 3.8) is 0 Å². The van der Waals surface area contributed by atoms with Gasteiger partial charge in [0.2, 0.25) is 5.91 Å². The van der Waals surface area contributed by atoms with E-state index in [2.05, 4.69) is 10.3 Å². The summed E-state index contributed by atoms with van der Waals surface area (Å²) in [6.07, 6.45) is 2.08. The molecule has 2 aromatic carbocycles. The summed E-state index contributed by atoms with van der Waals surface area (Å²) in [5.41, 5.74) is 0.445. The van der Waals surface area contributed by atoms with Crippen LogP contribution in [0.1, 0.15) is 23.2 Å². The molecule has 0 N–H and O–H groups in total. The minimum Gasteiger partial charge on any atom is -0.439 e. The van der Waals surface area contributed by atoms with Crippen LogP contribution in [-0.2, 0) is 16.3 Å². The third-order valence-corrected chi connectivity index (χ3v) is 5.92. The molecule has 4 rings (SSSR count). The first kappa shape index (κ1) is 20.1. The molecular formula is C21H20N4O4S. The SMILES string of the molecule is O=C(OCn1nnc2ccccc2c1=O)c1ccccc1SCC(=O)N1CCCC1. The predicted molar refractivity (Wildman–Crippen MR) is 112 cm³/mol. The maximum Gasteiger partial charge on any atom is 0.341 e. The molecule has 2 heterocycles. The van der Waals surface area contributed by atoms with Crippen LogP contribution in [0.25, 0.3) is 10.9 Å². The number of hydrogen-bond acceptors (Lipinski definition) is 7. The number of fused-ring (bicyclic) bond motifs is 1. The average molecular weight is 424 g/mol. The maximum atomic E-state index is 12.6. The Kier molecular flexibility index (Phi) is 6.08. The second-order valence-electron chi connectivity index (χ2n) is 6.84. The van der Waals surface area contributed by atoms with Crippen molar-refractivity contribution >= 4 is 34.5 Å². The van der Waals surface area contributed by atoms with E-state index in [1.807, 2.05) is 4.90 Å². The molecule has 0 atom stereocenters. The second kappa shape index (κ2) is 9.08. The van der Waals surface area contributed by atoms with Crippen LogP contribution in [-0.4, -0.2) is 50.6 Å². The summed E-state index contributed by atoms with van der Waals surface area (Å²) in [6.45, 7) is 1.25. The topological polar surface area (TPSA) is 94.4 Å². The van der Waals surface area contributed by atoms with Gasteiger partial charge in [-0.3, -0.25) is 9.59 Å². The molecule has 8 nitrogen and oxygen atoms in total. The van der Waals surface area contributed by atoms with E-state index in [0.29, 0.717) is 21.4 Å². The van der Waals surface area contributed by atoms with E-state index in [0.717, 1.165) is 30.6 Å². The molecule has 3 aromatic rings. The normalized spacial score (nSPS) is 13.5. The molecule has 0 unspecified atom stereocenters. The molecule has 1 fully saturated rings. The van der Waals surface area contributed by atoms with Crippen LogP contribution in [0.4, 0.5) is 0 Å². The predicted octanol–water partition coefficient (Wildman–Crippen LogP) is 2.32. The molecular weight excluding hydrogens is 404 g/mol. The smallest absolute Gasteiger partial charge is 0.341 e. The first-order valence-electron chi connectivity index (χ1n) is 9.63. The first-order chi connectivity index (χ1) is 14.6. The van der Waals surface area contributed by atoms with Crippen molar-refractivity contribution in [3.05, 3.63) is 64.4 Å². The number of thioether (sulfide) groups is 1. The van der Waals surface area contributed by atoms with E-state index in [4.69, 9.17) is 4.74 Å². The number of rotatable bonds is 6. The minimum absolute atomic E-state index is 0.0682. The van der Waals surface area contributed by atoms with E-state index in [-0.39, 0.29) is 24.0 Å². The van der Waals surface area contributed by atoms with Gasteiger partial charge < -0.3 is 9.64 Å². The minimum atomic E-state index is -0.589. The second-order valence-corrected chi connectivity index (χ2v) is 7.86. The zero-order valence-electron chi connectivity index (χ0n) is 16.2. The van der Waals surface area contributed by atoms with Crippen LogP contribution in [0.15, 0.2) is 58.2 Å². The molecule has 1 aromatic heterocycles. The summed E-state index contributed by atoms with van der Waals surface area (Å²) < 4.78 is 6.31. The number of carbonyl (C=O) groups excluding carboxylic acids is 2. The van der Waals surface area contributed by atoms with Crippen molar-refractivity contribution in [2.24, 2.45) is 0 Å². The van der Waals surface area contributed by atoms with Gasteiger partial charge in [0.1, 0.15) is 5.52 Å². The van der Waals surface area contributed by atoms with Gasteiger partial charge in [0.25, 0.3) is 5.56 Å². The summed E-state index contributed by atoms with van der Waals surface area (Å²) in [4.78, 5) is 39.9. The number of benzene rings is 2. The van der Waals surface area contributed by atoms with Gasteiger partial charge in [0, 0.05) is 18.0 Å². The van der Waals surface area contributed by atoms with E-state index in [1.165, 1.54) is 11.8 Å². The Hall–Kier alpha value is -3.20. The summed E-state index contributed by atoms with van der Waals surface area (Å²) in [7, 11) is 0. The van der Waals surface area contributed by atoms with Crippen LogP contribution in [0.3, 0.4) is 0 Å². The number of amides is 1. The number of aromatic nitrogens is 3. The van der Waals surface area contributed by atoms with E-state index >= 15 is 0 Å². The van der Waals surface area contributed by atoms with Gasteiger partial charge in [-0.2, -0.15) is 4.68 Å². The number of carbonyl (C=O) groups is 2.